The summed E-state index contributed by atoms with van der Waals surface area (Å²) in [5.74, 6) is -0.862. The first-order valence-corrected chi connectivity index (χ1v) is 11.2. The molecule has 8 heteroatoms. The van der Waals surface area contributed by atoms with Crippen molar-refractivity contribution in [1.82, 2.24) is 16.0 Å². The van der Waals surface area contributed by atoms with Crippen molar-refractivity contribution < 1.29 is 24.2 Å². The average molecular weight is 428 g/mol. The molecule has 1 rings (SSSR count). The van der Waals surface area contributed by atoms with E-state index in [4.69, 9.17) is 4.74 Å². The fourth-order valence-electron chi connectivity index (χ4n) is 3.45. The van der Waals surface area contributed by atoms with Crippen LogP contribution in [0.25, 0.3) is 0 Å². The van der Waals surface area contributed by atoms with Gasteiger partial charge < -0.3 is 25.8 Å². The van der Waals surface area contributed by atoms with Gasteiger partial charge in [-0.05, 0) is 39.5 Å². The Morgan fingerprint density at radius 3 is 2.13 bits per heavy atom. The molecule has 0 aromatic carbocycles. The van der Waals surface area contributed by atoms with Gasteiger partial charge in [0.1, 0.15) is 17.7 Å². The summed E-state index contributed by atoms with van der Waals surface area (Å²) in [5.41, 5.74) is -0.667. The lowest BCUT2D eigenvalue weighted by Gasteiger charge is -2.27. The number of nitrogens with one attached hydrogen (secondary N) is 3. The molecule has 30 heavy (non-hydrogen) atoms. The van der Waals surface area contributed by atoms with Gasteiger partial charge in [0.25, 0.3) is 0 Å². The summed E-state index contributed by atoms with van der Waals surface area (Å²) in [4.78, 5) is 38.0. The van der Waals surface area contributed by atoms with E-state index in [0.29, 0.717) is 12.8 Å². The molecule has 1 aliphatic heterocycles. The molecule has 0 aliphatic carbocycles. The highest BCUT2D eigenvalue weighted by Crippen LogP contribution is 2.14. The number of hydrogen-bond acceptors (Lipinski definition) is 5. The van der Waals surface area contributed by atoms with E-state index in [2.05, 4.69) is 16.0 Å². The Morgan fingerprint density at radius 1 is 1.03 bits per heavy atom. The SMILES string of the molecule is CC(C)[C@H]1NC(=O)[C@H](NC(=O)OC(C)(C)C)CCCCCCCC[C@H](CO)NC1=O. The number of aliphatic hydroxyl groups excluding tert-OH is 1. The maximum atomic E-state index is 13.0. The van der Waals surface area contributed by atoms with E-state index in [1.165, 1.54) is 0 Å². The molecule has 1 fully saturated rings. The Kier molecular flexibility index (Phi) is 11.2. The zero-order chi connectivity index (χ0) is 22.7. The van der Waals surface area contributed by atoms with Crippen molar-refractivity contribution in [3.8, 4) is 0 Å². The summed E-state index contributed by atoms with van der Waals surface area (Å²) in [6.45, 7) is 8.86. The quantitative estimate of drug-likeness (QED) is 0.552. The summed E-state index contributed by atoms with van der Waals surface area (Å²) in [7, 11) is 0. The summed E-state index contributed by atoms with van der Waals surface area (Å²) in [5, 5.41) is 17.9. The molecule has 0 bridgehead atoms. The molecule has 0 saturated carbocycles. The van der Waals surface area contributed by atoms with E-state index in [1.54, 1.807) is 20.8 Å². The van der Waals surface area contributed by atoms with Crippen LogP contribution >= 0.6 is 0 Å². The second-order valence-electron chi connectivity index (χ2n) is 9.52. The predicted molar refractivity (Wildman–Crippen MR) is 116 cm³/mol. The zero-order valence-corrected chi connectivity index (χ0v) is 19.3. The molecule has 1 heterocycles. The molecule has 0 aromatic heterocycles. The molecule has 1 aliphatic rings. The molecular formula is C22H41N3O5. The molecular weight excluding hydrogens is 386 g/mol. The third-order valence-corrected chi connectivity index (χ3v) is 5.12. The van der Waals surface area contributed by atoms with E-state index in [0.717, 1.165) is 38.5 Å². The minimum absolute atomic E-state index is 0.132. The second-order valence-corrected chi connectivity index (χ2v) is 9.52. The minimum atomic E-state index is -0.771. The molecule has 3 amide bonds. The van der Waals surface area contributed by atoms with Gasteiger partial charge in [0.15, 0.2) is 0 Å². The van der Waals surface area contributed by atoms with Gasteiger partial charge in [-0.15, -0.1) is 0 Å². The third-order valence-electron chi connectivity index (χ3n) is 5.12. The van der Waals surface area contributed by atoms with Crippen molar-refractivity contribution in [2.24, 2.45) is 5.92 Å². The van der Waals surface area contributed by atoms with E-state index >= 15 is 0 Å². The van der Waals surface area contributed by atoms with Crippen LogP contribution in [0.2, 0.25) is 0 Å². The van der Waals surface area contributed by atoms with Gasteiger partial charge in [0, 0.05) is 0 Å². The van der Waals surface area contributed by atoms with Crippen molar-refractivity contribution in [2.45, 2.75) is 110 Å². The maximum absolute atomic E-state index is 13.0. The normalized spacial score (nSPS) is 25.5. The predicted octanol–water partition coefficient (Wildman–Crippen LogP) is 2.63. The van der Waals surface area contributed by atoms with Gasteiger partial charge in [-0.1, -0.05) is 52.4 Å². The molecule has 8 nitrogen and oxygen atoms in total. The highest BCUT2D eigenvalue weighted by molar-refractivity contribution is 5.91. The van der Waals surface area contributed by atoms with E-state index in [9.17, 15) is 19.5 Å². The first-order chi connectivity index (χ1) is 14.0. The van der Waals surface area contributed by atoms with Crippen LogP contribution in [0.15, 0.2) is 0 Å². The van der Waals surface area contributed by atoms with Crippen LogP contribution in [0.1, 0.15) is 86.0 Å². The Bertz CT molecular complexity index is 559. The summed E-state index contributed by atoms with van der Waals surface area (Å²) in [6, 6.07) is -1.84. The van der Waals surface area contributed by atoms with Crippen molar-refractivity contribution in [2.75, 3.05) is 6.61 Å². The van der Waals surface area contributed by atoms with E-state index in [-0.39, 0.29) is 24.5 Å². The van der Waals surface area contributed by atoms with Crippen LogP contribution in [0.3, 0.4) is 0 Å². The number of hydrogen-bond donors (Lipinski definition) is 4. The monoisotopic (exact) mass is 427 g/mol. The standard InChI is InChI=1S/C22H41N3O5/c1-15(2)18-20(28)23-16(14-26)12-10-8-6-7-9-11-13-17(19(27)25-18)24-21(29)30-22(3,4)5/h15-18,26H,6-14H2,1-5H3,(H,23,28)(H,24,29)(H,25,27)/t16-,17-,18-/m1/s1. The lowest BCUT2D eigenvalue weighted by molar-refractivity contribution is -0.131. The summed E-state index contributed by atoms with van der Waals surface area (Å²) in [6.07, 6.45) is 6.40. The first kappa shape index (κ1) is 26.2. The maximum Gasteiger partial charge on any atom is 0.408 e. The van der Waals surface area contributed by atoms with Gasteiger partial charge in [-0.25, -0.2) is 4.79 Å². The number of amides is 3. The Hall–Kier alpha value is -1.83. The topological polar surface area (TPSA) is 117 Å². The fourth-order valence-corrected chi connectivity index (χ4v) is 3.45. The van der Waals surface area contributed by atoms with Gasteiger partial charge in [0.05, 0.1) is 12.6 Å². The van der Waals surface area contributed by atoms with E-state index in [1.807, 2.05) is 13.8 Å². The van der Waals surface area contributed by atoms with Crippen LogP contribution in [-0.2, 0) is 14.3 Å². The number of aliphatic hydroxyl groups is 1. The second kappa shape index (κ2) is 12.8. The lowest BCUT2D eigenvalue weighted by atomic mass is 10.0. The Labute approximate surface area is 180 Å². The summed E-state index contributed by atoms with van der Waals surface area (Å²) < 4.78 is 5.30. The largest absolute Gasteiger partial charge is 0.444 e. The Balaban J connectivity index is 2.95. The minimum Gasteiger partial charge on any atom is -0.444 e. The van der Waals surface area contributed by atoms with Crippen molar-refractivity contribution in [3.05, 3.63) is 0 Å². The molecule has 0 unspecified atom stereocenters. The van der Waals surface area contributed by atoms with Crippen molar-refractivity contribution >= 4 is 17.9 Å². The smallest absolute Gasteiger partial charge is 0.408 e. The zero-order valence-electron chi connectivity index (χ0n) is 19.3. The van der Waals surface area contributed by atoms with Gasteiger partial charge >= 0.3 is 6.09 Å². The summed E-state index contributed by atoms with van der Waals surface area (Å²) >= 11 is 0. The number of carbonyl (C=O) groups excluding carboxylic acids is 3. The van der Waals surface area contributed by atoms with Crippen molar-refractivity contribution in [3.63, 3.8) is 0 Å². The van der Waals surface area contributed by atoms with Crippen LogP contribution < -0.4 is 16.0 Å². The van der Waals surface area contributed by atoms with Gasteiger partial charge in [-0.2, -0.15) is 0 Å². The van der Waals surface area contributed by atoms with Gasteiger partial charge in [-0.3, -0.25) is 9.59 Å². The number of rotatable bonds is 3. The molecule has 0 aromatic rings. The molecule has 0 radical (unpaired) electrons. The van der Waals surface area contributed by atoms with Crippen LogP contribution in [0.4, 0.5) is 4.79 Å². The number of alkyl carbamates (subject to hydrolysis) is 1. The number of carbonyl (C=O) groups is 3. The highest BCUT2D eigenvalue weighted by Gasteiger charge is 2.30. The number of ether oxygens (including phenoxy) is 1. The molecule has 0 spiro atoms. The molecule has 174 valence electrons. The molecule has 3 atom stereocenters. The van der Waals surface area contributed by atoms with Crippen LogP contribution in [0.5, 0.6) is 0 Å². The van der Waals surface area contributed by atoms with Crippen molar-refractivity contribution in [1.29, 1.82) is 0 Å². The van der Waals surface area contributed by atoms with Gasteiger partial charge in [0.2, 0.25) is 11.8 Å². The molecule has 4 N–H and O–H groups in total. The van der Waals surface area contributed by atoms with Crippen LogP contribution in [0, 0.1) is 5.92 Å². The first-order valence-electron chi connectivity index (χ1n) is 11.2. The highest BCUT2D eigenvalue weighted by atomic mass is 16.6. The Morgan fingerprint density at radius 2 is 1.60 bits per heavy atom. The lowest BCUT2D eigenvalue weighted by Crippen LogP contribution is -2.57. The van der Waals surface area contributed by atoms with Crippen LogP contribution in [-0.4, -0.2) is 53.3 Å². The molecule has 1 saturated heterocycles. The fraction of sp³-hybridized carbons (Fsp3) is 0.864. The van der Waals surface area contributed by atoms with E-state index < -0.39 is 29.7 Å². The average Bonchev–Trinajstić information content (AvgIpc) is 2.63. The third kappa shape index (κ3) is 10.3.